The fraction of sp³-hybridized carbons (Fsp3) is 0.182. The average molecular weight is 463 g/mol. The van der Waals surface area contributed by atoms with Gasteiger partial charge in [0.15, 0.2) is 17.6 Å². The van der Waals surface area contributed by atoms with Crippen LogP contribution in [0.15, 0.2) is 48.7 Å². The summed E-state index contributed by atoms with van der Waals surface area (Å²) in [5.41, 5.74) is 1.31. The largest absolute Gasteiger partial charge is 0.464 e. The number of pyridine rings is 1. The standard InChI is InChI=1S/C22H14ClF3N2O4/c23-16-3-2-12(8-15(16)22(24,25)26)28-20(29)19-9-14-13(5-6-27-21(14)32-19)11-1-4-17-18(7-11)31-10-30-17/h1-8,19H,9-10H2,(H,28,29). The van der Waals surface area contributed by atoms with Crippen molar-refractivity contribution in [3.8, 4) is 28.5 Å². The fourth-order valence-corrected chi connectivity index (χ4v) is 3.88. The topological polar surface area (TPSA) is 69.7 Å². The molecule has 6 nitrogen and oxygen atoms in total. The van der Waals surface area contributed by atoms with Crippen molar-refractivity contribution in [1.29, 1.82) is 0 Å². The molecule has 1 N–H and O–H groups in total. The van der Waals surface area contributed by atoms with Gasteiger partial charge < -0.3 is 19.5 Å². The second-order valence-corrected chi connectivity index (χ2v) is 7.61. The molecular formula is C22H14ClF3N2O4. The van der Waals surface area contributed by atoms with Crippen LogP contribution in [0.2, 0.25) is 5.02 Å². The van der Waals surface area contributed by atoms with Crippen molar-refractivity contribution in [3.05, 3.63) is 64.8 Å². The van der Waals surface area contributed by atoms with Gasteiger partial charge in [-0.25, -0.2) is 4.98 Å². The molecule has 3 aromatic rings. The maximum absolute atomic E-state index is 13.1. The van der Waals surface area contributed by atoms with Crippen molar-refractivity contribution in [2.24, 2.45) is 0 Å². The number of aromatic nitrogens is 1. The first-order valence-electron chi connectivity index (χ1n) is 9.52. The number of hydrogen-bond donors (Lipinski definition) is 1. The molecule has 5 rings (SSSR count). The summed E-state index contributed by atoms with van der Waals surface area (Å²) in [4.78, 5) is 16.9. The van der Waals surface area contributed by atoms with Crippen LogP contribution in [0.4, 0.5) is 18.9 Å². The number of nitrogens with zero attached hydrogens (tertiary/aromatic N) is 1. The number of carbonyl (C=O) groups excluding carboxylic acids is 1. The Bertz CT molecular complexity index is 1230. The Morgan fingerprint density at radius 1 is 1.09 bits per heavy atom. The molecule has 2 aliphatic rings. The number of nitrogens with one attached hydrogen (secondary N) is 1. The number of halogens is 4. The summed E-state index contributed by atoms with van der Waals surface area (Å²) in [7, 11) is 0. The third-order valence-electron chi connectivity index (χ3n) is 5.17. The third kappa shape index (κ3) is 3.69. The Labute approximate surface area is 184 Å². The maximum Gasteiger partial charge on any atom is 0.417 e. The number of fused-ring (bicyclic) bond motifs is 2. The van der Waals surface area contributed by atoms with Gasteiger partial charge in [0.05, 0.1) is 10.6 Å². The van der Waals surface area contributed by atoms with E-state index in [9.17, 15) is 18.0 Å². The summed E-state index contributed by atoms with van der Waals surface area (Å²) in [6.07, 6.45) is -3.81. The predicted molar refractivity (Wildman–Crippen MR) is 109 cm³/mol. The Balaban J connectivity index is 1.37. The molecular weight excluding hydrogens is 449 g/mol. The van der Waals surface area contributed by atoms with Gasteiger partial charge >= 0.3 is 6.18 Å². The molecule has 2 aromatic carbocycles. The van der Waals surface area contributed by atoms with Gasteiger partial charge in [-0.2, -0.15) is 13.2 Å². The predicted octanol–water partition coefficient (Wildman–Crippen LogP) is 5.09. The Morgan fingerprint density at radius 3 is 2.72 bits per heavy atom. The smallest absolute Gasteiger partial charge is 0.417 e. The first-order valence-corrected chi connectivity index (χ1v) is 9.89. The Kier molecular flexibility index (Phi) is 4.85. The number of carbonyl (C=O) groups is 1. The van der Waals surface area contributed by atoms with E-state index in [0.29, 0.717) is 17.4 Å². The zero-order valence-electron chi connectivity index (χ0n) is 16.2. The molecule has 2 aliphatic heterocycles. The van der Waals surface area contributed by atoms with Crippen molar-refractivity contribution in [1.82, 2.24) is 4.98 Å². The van der Waals surface area contributed by atoms with Crippen LogP contribution < -0.4 is 19.5 Å². The molecule has 164 valence electrons. The van der Waals surface area contributed by atoms with Gasteiger partial charge in [-0.15, -0.1) is 0 Å². The summed E-state index contributed by atoms with van der Waals surface area (Å²) < 4.78 is 55.7. The van der Waals surface area contributed by atoms with E-state index in [4.69, 9.17) is 25.8 Å². The highest BCUT2D eigenvalue weighted by Crippen LogP contribution is 2.41. The molecule has 10 heteroatoms. The number of alkyl halides is 3. The minimum atomic E-state index is -4.64. The monoisotopic (exact) mass is 462 g/mol. The molecule has 0 radical (unpaired) electrons. The van der Waals surface area contributed by atoms with Crippen LogP contribution in [-0.4, -0.2) is 23.8 Å². The van der Waals surface area contributed by atoms with Crippen molar-refractivity contribution in [3.63, 3.8) is 0 Å². The van der Waals surface area contributed by atoms with Gasteiger partial charge in [-0.05, 0) is 47.5 Å². The Morgan fingerprint density at radius 2 is 1.91 bits per heavy atom. The van der Waals surface area contributed by atoms with E-state index in [0.717, 1.165) is 28.8 Å². The first kappa shape index (κ1) is 20.4. The zero-order valence-corrected chi connectivity index (χ0v) is 17.0. The van der Waals surface area contributed by atoms with E-state index in [1.807, 2.05) is 12.1 Å². The van der Waals surface area contributed by atoms with Crippen LogP contribution in [-0.2, 0) is 17.4 Å². The molecule has 0 spiro atoms. The lowest BCUT2D eigenvalue weighted by molar-refractivity contribution is -0.137. The molecule has 0 saturated heterocycles. The lowest BCUT2D eigenvalue weighted by Gasteiger charge is -2.14. The molecule has 1 amide bonds. The van der Waals surface area contributed by atoms with Crippen LogP contribution in [0.5, 0.6) is 17.4 Å². The SMILES string of the molecule is O=C(Nc1ccc(Cl)c(C(F)(F)F)c1)C1Cc2c(-c3ccc4c(c3)OCO4)ccnc2O1. The molecule has 1 unspecified atom stereocenters. The fourth-order valence-electron chi connectivity index (χ4n) is 3.66. The van der Waals surface area contributed by atoms with Gasteiger partial charge in [0.2, 0.25) is 12.7 Å². The van der Waals surface area contributed by atoms with Crippen molar-refractivity contribution < 1.29 is 32.2 Å². The number of anilines is 1. The van der Waals surface area contributed by atoms with Crippen LogP contribution in [0.25, 0.3) is 11.1 Å². The van der Waals surface area contributed by atoms with Gasteiger partial charge in [0.1, 0.15) is 0 Å². The number of amides is 1. The minimum absolute atomic E-state index is 0.0322. The molecule has 32 heavy (non-hydrogen) atoms. The summed E-state index contributed by atoms with van der Waals surface area (Å²) >= 11 is 5.63. The lowest BCUT2D eigenvalue weighted by atomic mass is 9.98. The quantitative estimate of drug-likeness (QED) is 0.587. The number of ether oxygens (including phenoxy) is 3. The number of hydrogen-bond acceptors (Lipinski definition) is 5. The van der Waals surface area contributed by atoms with Gasteiger partial charge in [-0.1, -0.05) is 17.7 Å². The second kappa shape index (κ2) is 7.59. The molecule has 3 heterocycles. The first-order chi connectivity index (χ1) is 15.3. The number of benzene rings is 2. The van der Waals surface area contributed by atoms with Gasteiger partial charge in [0.25, 0.3) is 5.91 Å². The highest BCUT2D eigenvalue weighted by atomic mass is 35.5. The minimum Gasteiger partial charge on any atom is -0.464 e. The molecule has 1 atom stereocenters. The molecule has 0 saturated carbocycles. The van der Waals surface area contributed by atoms with E-state index in [-0.39, 0.29) is 18.9 Å². The van der Waals surface area contributed by atoms with E-state index < -0.39 is 28.8 Å². The molecule has 1 aromatic heterocycles. The molecule has 0 aliphatic carbocycles. The van der Waals surface area contributed by atoms with Crippen LogP contribution >= 0.6 is 11.6 Å². The highest BCUT2D eigenvalue weighted by molar-refractivity contribution is 6.31. The van der Waals surface area contributed by atoms with E-state index >= 15 is 0 Å². The maximum atomic E-state index is 13.1. The third-order valence-corrected chi connectivity index (χ3v) is 5.50. The second-order valence-electron chi connectivity index (χ2n) is 7.20. The molecule has 0 bridgehead atoms. The summed E-state index contributed by atoms with van der Waals surface area (Å²) in [6, 6.07) is 10.5. The summed E-state index contributed by atoms with van der Waals surface area (Å²) in [5.74, 6) is 0.973. The highest BCUT2D eigenvalue weighted by Gasteiger charge is 2.35. The lowest BCUT2D eigenvalue weighted by Crippen LogP contribution is -2.31. The zero-order chi connectivity index (χ0) is 22.5. The van der Waals surface area contributed by atoms with E-state index in [1.54, 1.807) is 18.3 Å². The number of rotatable bonds is 3. The van der Waals surface area contributed by atoms with Crippen LogP contribution in [0.3, 0.4) is 0 Å². The van der Waals surface area contributed by atoms with Gasteiger partial charge in [0, 0.05) is 23.9 Å². The summed E-state index contributed by atoms with van der Waals surface area (Å²) in [6.45, 7) is 0.152. The van der Waals surface area contributed by atoms with Crippen LogP contribution in [0, 0.1) is 0 Å². The summed E-state index contributed by atoms with van der Waals surface area (Å²) in [5, 5.41) is 2.02. The Hall–Kier alpha value is -3.46. The van der Waals surface area contributed by atoms with Crippen molar-refractivity contribution in [2.45, 2.75) is 18.7 Å². The van der Waals surface area contributed by atoms with Crippen molar-refractivity contribution >= 4 is 23.2 Å². The van der Waals surface area contributed by atoms with E-state index in [1.165, 1.54) is 6.07 Å². The average Bonchev–Trinajstić information content (AvgIpc) is 3.40. The van der Waals surface area contributed by atoms with Crippen LogP contribution in [0.1, 0.15) is 11.1 Å². The molecule has 0 fully saturated rings. The van der Waals surface area contributed by atoms with Gasteiger partial charge in [-0.3, -0.25) is 4.79 Å². The normalized spacial score (nSPS) is 16.4. The van der Waals surface area contributed by atoms with Crippen molar-refractivity contribution in [2.75, 3.05) is 12.1 Å². The van der Waals surface area contributed by atoms with E-state index in [2.05, 4.69) is 10.3 Å².